The summed E-state index contributed by atoms with van der Waals surface area (Å²) < 4.78 is 11.4. The van der Waals surface area contributed by atoms with Gasteiger partial charge in [-0.25, -0.2) is 4.79 Å². The van der Waals surface area contributed by atoms with E-state index in [9.17, 15) is 29.7 Å². The highest BCUT2D eigenvalue weighted by atomic mass is 16.5. The van der Waals surface area contributed by atoms with Gasteiger partial charge in [0.1, 0.15) is 18.1 Å². The van der Waals surface area contributed by atoms with Crippen LogP contribution in [0.5, 0.6) is 11.5 Å². The molecule has 2 atom stereocenters. The average Bonchev–Trinajstić information content (AvgIpc) is 3.56. The second-order valence-electron chi connectivity index (χ2n) is 10.9. The van der Waals surface area contributed by atoms with Gasteiger partial charge in [0.25, 0.3) is 5.91 Å². The van der Waals surface area contributed by atoms with Crippen LogP contribution in [0.4, 0.5) is 4.79 Å². The van der Waals surface area contributed by atoms with E-state index in [0.29, 0.717) is 41.8 Å². The Morgan fingerprint density at radius 1 is 0.915 bits per heavy atom. The Balaban J connectivity index is 1.03. The van der Waals surface area contributed by atoms with Crippen LogP contribution >= 0.6 is 0 Å². The molecule has 2 aromatic heterocycles. The molecule has 0 aliphatic rings. The summed E-state index contributed by atoms with van der Waals surface area (Å²) in [6.07, 6.45) is 0.932. The number of unbranched alkanes of at least 4 members (excludes halogenated alkanes) is 1. The summed E-state index contributed by atoms with van der Waals surface area (Å²) >= 11 is 0. The predicted molar refractivity (Wildman–Crippen MR) is 175 cm³/mol. The molecule has 3 aromatic carbocycles. The van der Waals surface area contributed by atoms with Crippen LogP contribution in [-0.4, -0.2) is 51.9 Å². The molecule has 47 heavy (non-hydrogen) atoms. The van der Waals surface area contributed by atoms with Crippen LogP contribution in [-0.2, 0) is 6.61 Å². The van der Waals surface area contributed by atoms with Gasteiger partial charge in [0.05, 0.1) is 23.9 Å². The summed E-state index contributed by atoms with van der Waals surface area (Å²) in [6.45, 7) is 1.48. The van der Waals surface area contributed by atoms with Crippen molar-refractivity contribution in [2.24, 2.45) is 0 Å². The lowest BCUT2D eigenvalue weighted by molar-refractivity contribution is 0.0925. The minimum absolute atomic E-state index is 0.0600. The van der Waals surface area contributed by atoms with Crippen LogP contribution in [0.25, 0.3) is 10.9 Å². The molecule has 12 heteroatoms. The van der Waals surface area contributed by atoms with Crippen LogP contribution in [0, 0.1) is 0 Å². The summed E-state index contributed by atoms with van der Waals surface area (Å²) in [6, 6.07) is 23.5. The van der Waals surface area contributed by atoms with Gasteiger partial charge in [0, 0.05) is 30.1 Å². The fraction of sp³-hybridized carbons (Fsp3) is 0.229. The molecule has 0 aliphatic heterocycles. The van der Waals surface area contributed by atoms with E-state index in [1.165, 1.54) is 18.4 Å². The standard InChI is InChI=1S/C35H36N4O8/c40-28-13-11-26(27-12-14-31(42)38-33(27)28)29(41)19-36-15-4-5-16-37-34(43)30-17-22(21-47-30)20-46-25-10-6-9-24(18-25)32(39-35(44)45)23-7-2-1-3-8-23/h1-3,6-14,17-18,21,29,32,36,39-41H,4-5,15-16,19-20H2,(H,37,43)(H,38,42)(H,44,45)/t29?,32-/m0/s1. The molecule has 2 amide bonds. The second-order valence-corrected chi connectivity index (χ2v) is 10.9. The molecule has 5 aromatic rings. The molecule has 1 unspecified atom stereocenters. The van der Waals surface area contributed by atoms with E-state index >= 15 is 0 Å². The number of pyridine rings is 1. The van der Waals surface area contributed by atoms with E-state index in [2.05, 4.69) is 20.9 Å². The number of hydrogen-bond acceptors (Lipinski definition) is 8. The minimum atomic E-state index is -1.14. The summed E-state index contributed by atoms with van der Waals surface area (Å²) in [7, 11) is 0. The first-order chi connectivity index (χ1) is 22.8. The molecule has 0 spiro atoms. The third-order valence-electron chi connectivity index (χ3n) is 7.54. The zero-order chi connectivity index (χ0) is 33.2. The Morgan fingerprint density at radius 2 is 1.70 bits per heavy atom. The number of aliphatic hydroxyl groups excluding tert-OH is 1. The molecule has 12 nitrogen and oxygen atoms in total. The maximum Gasteiger partial charge on any atom is 0.405 e. The highest BCUT2D eigenvalue weighted by molar-refractivity contribution is 5.91. The van der Waals surface area contributed by atoms with Crippen molar-refractivity contribution in [3.63, 3.8) is 0 Å². The number of rotatable bonds is 15. The van der Waals surface area contributed by atoms with Gasteiger partial charge in [0.2, 0.25) is 5.56 Å². The van der Waals surface area contributed by atoms with Crippen molar-refractivity contribution < 1.29 is 34.1 Å². The summed E-state index contributed by atoms with van der Waals surface area (Å²) in [5.41, 5.74) is 2.73. The topological polar surface area (TPSA) is 186 Å². The van der Waals surface area contributed by atoms with Gasteiger partial charge in [-0.3, -0.25) is 9.59 Å². The first-order valence-electron chi connectivity index (χ1n) is 15.1. The van der Waals surface area contributed by atoms with Crippen LogP contribution in [0.2, 0.25) is 0 Å². The highest BCUT2D eigenvalue weighted by Gasteiger charge is 2.18. The lowest BCUT2D eigenvalue weighted by atomic mass is 9.98. The monoisotopic (exact) mass is 640 g/mol. The largest absolute Gasteiger partial charge is 0.506 e. The molecular weight excluding hydrogens is 604 g/mol. The molecule has 0 saturated carbocycles. The van der Waals surface area contributed by atoms with Crippen molar-refractivity contribution in [3.8, 4) is 11.5 Å². The van der Waals surface area contributed by atoms with Gasteiger partial charge < -0.3 is 45.4 Å². The Hall–Kier alpha value is -5.59. The molecule has 2 heterocycles. The molecule has 5 rings (SSSR count). The lowest BCUT2D eigenvalue weighted by Crippen LogP contribution is -2.27. The first kappa shape index (κ1) is 32.8. The molecule has 0 bridgehead atoms. The minimum Gasteiger partial charge on any atom is -0.506 e. The van der Waals surface area contributed by atoms with Gasteiger partial charge in [-0.2, -0.15) is 0 Å². The number of aromatic nitrogens is 1. The van der Waals surface area contributed by atoms with Crippen LogP contribution in [0.3, 0.4) is 0 Å². The normalized spacial score (nSPS) is 12.4. The molecule has 0 saturated heterocycles. The predicted octanol–water partition coefficient (Wildman–Crippen LogP) is 4.60. The first-order valence-corrected chi connectivity index (χ1v) is 15.1. The lowest BCUT2D eigenvalue weighted by Gasteiger charge is -2.18. The highest BCUT2D eigenvalue weighted by Crippen LogP contribution is 2.29. The number of hydrogen-bond donors (Lipinski definition) is 7. The SMILES string of the molecule is O=C(O)N[C@@H](c1ccccc1)c1cccc(OCc2coc(C(=O)NCCCCNCC(O)c3ccc(O)c4[nH]c(=O)ccc34)c2)c1. The number of carbonyl (C=O) groups is 2. The van der Waals surface area contributed by atoms with Gasteiger partial charge in [-0.1, -0.05) is 48.5 Å². The summed E-state index contributed by atoms with van der Waals surface area (Å²) in [5.74, 6) is 0.298. The number of carboxylic acid groups (broad SMARTS) is 1. The van der Waals surface area contributed by atoms with Gasteiger partial charge >= 0.3 is 6.09 Å². The maximum absolute atomic E-state index is 12.6. The van der Waals surface area contributed by atoms with E-state index in [1.807, 2.05) is 36.4 Å². The van der Waals surface area contributed by atoms with E-state index < -0.39 is 18.2 Å². The Labute approximate surface area is 270 Å². The number of ether oxygens (including phenoxy) is 1. The Kier molecular flexibility index (Phi) is 10.9. The van der Waals surface area contributed by atoms with Crippen LogP contribution < -0.4 is 26.2 Å². The number of phenols is 1. The summed E-state index contributed by atoms with van der Waals surface area (Å²) in [5, 5.41) is 39.2. The Bertz CT molecular complexity index is 1870. The fourth-order valence-corrected chi connectivity index (χ4v) is 5.21. The van der Waals surface area contributed by atoms with E-state index in [0.717, 1.165) is 17.5 Å². The van der Waals surface area contributed by atoms with Crippen molar-refractivity contribution >= 4 is 22.9 Å². The van der Waals surface area contributed by atoms with Gasteiger partial charge in [0.15, 0.2) is 5.76 Å². The van der Waals surface area contributed by atoms with E-state index in [4.69, 9.17) is 9.15 Å². The average molecular weight is 641 g/mol. The zero-order valence-electron chi connectivity index (χ0n) is 25.4. The summed E-state index contributed by atoms with van der Waals surface area (Å²) in [4.78, 5) is 38.2. The number of H-pyrrole nitrogens is 1. The second kappa shape index (κ2) is 15.6. The molecule has 0 fully saturated rings. The third-order valence-corrected chi connectivity index (χ3v) is 7.54. The number of aromatic amines is 1. The Morgan fingerprint density at radius 3 is 2.51 bits per heavy atom. The van der Waals surface area contributed by atoms with E-state index in [1.54, 1.807) is 36.4 Å². The fourth-order valence-electron chi connectivity index (χ4n) is 5.21. The number of phenolic OH excluding ortho intramolecular Hbond substituents is 1. The number of amides is 2. The number of nitrogens with one attached hydrogen (secondary N) is 4. The van der Waals surface area contributed by atoms with E-state index in [-0.39, 0.29) is 41.6 Å². The van der Waals surface area contributed by atoms with Crippen molar-refractivity contribution in [3.05, 3.63) is 130 Å². The van der Waals surface area contributed by atoms with Crippen molar-refractivity contribution in [1.29, 1.82) is 0 Å². The third kappa shape index (κ3) is 8.78. The van der Waals surface area contributed by atoms with Gasteiger partial charge in [-0.05, 0) is 66.4 Å². The number of carbonyl (C=O) groups excluding carboxylic acids is 1. The molecule has 0 aliphatic carbocycles. The number of fused-ring (bicyclic) bond motifs is 1. The van der Waals surface area contributed by atoms with Crippen LogP contribution in [0.1, 0.15) is 57.8 Å². The molecule has 0 radical (unpaired) electrons. The smallest absolute Gasteiger partial charge is 0.405 e. The van der Waals surface area contributed by atoms with Crippen molar-refractivity contribution in [2.45, 2.75) is 31.6 Å². The molecular formula is C35H36N4O8. The number of benzene rings is 3. The quantitative estimate of drug-likeness (QED) is 0.0804. The van der Waals surface area contributed by atoms with Crippen LogP contribution in [0.15, 0.2) is 100 Å². The molecule has 244 valence electrons. The maximum atomic E-state index is 12.6. The molecule has 7 N–H and O–H groups in total. The van der Waals surface area contributed by atoms with Crippen molar-refractivity contribution in [2.75, 3.05) is 19.6 Å². The number of furan rings is 1. The van der Waals surface area contributed by atoms with Crippen molar-refractivity contribution in [1.82, 2.24) is 20.9 Å². The number of aliphatic hydroxyl groups is 1. The zero-order valence-corrected chi connectivity index (χ0v) is 25.4. The van der Waals surface area contributed by atoms with Gasteiger partial charge in [-0.15, -0.1) is 0 Å². The number of aromatic hydroxyl groups is 1.